The van der Waals surface area contributed by atoms with Crippen LogP contribution in [0, 0.1) is 20.8 Å². The molecule has 1 unspecified atom stereocenters. The topological polar surface area (TPSA) is 102 Å². The number of hydrogen-bond donors (Lipinski definition) is 2. The minimum Gasteiger partial charge on any atom is -0.462 e. The Morgan fingerprint density at radius 1 is 1.32 bits per heavy atom. The van der Waals surface area contributed by atoms with Gasteiger partial charge in [-0.3, -0.25) is 4.99 Å². The molecule has 0 aliphatic rings. The number of carbonyl (C=O) groups excluding carboxylic acids is 1. The third-order valence-corrected chi connectivity index (χ3v) is 5.39. The van der Waals surface area contributed by atoms with Crippen molar-refractivity contribution in [2.45, 2.75) is 47.1 Å². The molecule has 0 radical (unpaired) electrons. The third-order valence-electron chi connectivity index (χ3n) is 4.07. The molecule has 0 aliphatic carbocycles. The zero-order chi connectivity index (χ0) is 20.0. The lowest BCUT2D eigenvalue weighted by Crippen LogP contribution is -2.39. The van der Waals surface area contributed by atoms with Gasteiger partial charge in [-0.25, -0.2) is 9.78 Å². The number of halogens is 1. The Bertz CT molecular complexity index is 799. The van der Waals surface area contributed by atoms with Gasteiger partial charge in [-0.05, 0) is 41.0 Å². The molecule has 2 N–H and O–H groups in total. The highest BCUT2D eigenvalue weighted by molar-refractivity contribution is 14.0. The molecular weight excluding hydrogens is 493 g/mol. The summed E-state index contributed by atoms with van der Waals surface area (Å²) < 4.78 is 10.3. The van der Waals surface area contributed by atoms with Crippen LogP contribution in [0.15, 0.2) is 9.52 Å². The van der Waals surface area contributed by atoms with Gasteiger partial charge < -0.3 is 19.9 Å². The van der Waals surface area contributed by atoms with E-state index < -0.39 is 0 Å². The van der Waals surface area contributed by atoms with Crippen LogP contribution >= 0.6 is 35.3 Å². The molecule has 2 aromatic heterocycles. The van der Waals surface area contributed by atoms with Crippen molar-refractivity contribution in [1.29, 1.82) is 0 Å². The van der Waals surface area contributed by atoms with E-state index in [2.05, 4.69) is 25.8 Å². The van der Waals surface area contributed by atoms with Crippen molar-refractivity contribution in [3.8, 4) is 0 Å². The van der Waals surface area contributed by atoms with Gasteiger partial charge >= 0.3 is 5.97 Å². The largest absolute Gasteiger partial charge is 0.462 e. The van der Waals surface area contributed by atoms with Crippen molar-refractivity contribution in [2.75, 3.05) is 20.2 Å². The Balaban J connectivity index is 0.00000392. The van der Waals surface area contributed by atoms with Crippen molar-refractivity contribution >= 4 is 47.2 Å². The van der Waals surface area contributed by atoms with Crippen LogP contribution in [0.2, 0.25) is 0 Å². The zero-order valence-electron chi connectivity index (χ0n) is 17.1. The summed E-state index contributed by atoms with van der Waals surface area (Å²) in [6.45, 7) is 10.5. The summed E-state index contributed by atoms with van der Waals surface area (Å²) in [6.07, 6.45) is 0.791. The molecule has 0 aromatic carbocycles. The van der Waals surface area contributed by atoms with E-state index in [1.165, 1.54) is 11.3 Å². The quantitative estimate of drug-likeness (QED) is 0.250. The molecule has 0 fully saturated rings. The lowest BCUT2D eigenvalue weighted by molar-refractivity contribution is 0.0531. The maximum absolute atomic E-state index is 12.0. The van der Waals surface area contributed by atoms with E-state index >= 15 is 0 Å². The van der Waals surface area contributed by atoms with Gasteiger partial charge in [0.15, 0.2) is 5.96 Å². The average molecular weight is 521 g/mol. The molecule has 0 spiro atoms. The predicted octanol–water partition coefficient (Wildman–Crippen LogP) is 3.32. The number of aliphatic imine (C=N–C) groups is 1. The molecule has 10 heteroatoms. The van der Waals surface area contributed by atoms with Gasteiger partial charge in [0.05, 0.1) is 24.0 Å². The number of esters is 1. The minimum atomic E-state index is -0.326. The number of aromatic nitrogens is 2. The third kappa shape index (κ3) is 6.16. The van der Waals surface area contributed by atoms with E-state index in [0.29, 0.717) is 29.7 Å². The predicted molar refractivity (Wildman–Crippen MR) is 121 cm³/mol. The molecule has 0 aliphatic heterocycles. The highest BCUT2D eigenvalue weighted by Gasteiger charge is 2.20. The number of thiazole rings is 1. The van der Waals surface area contributed by atoms with Crippen LogP contribution in [0.3, 0.4) is 0 Å². The molecule has 28 heavy (non-hydrogen) atoms. The monoisotopic (exact) mass is 521 g/mol. The highest BCUT2D eigenvalue weighted by Crippen LogP contribution is 2.24. The van der Waals surface area contributed by atoms with Crippen molar-refractivity contribution < 1.29 is 14.1 Å². The lowest BCUT2D eigenvalue weighted by Gasteiger charge is -2.16. The summed E-state index contributed by atoms with van der Waals surface area (Å²) in [4.78, 5) is 21.3. The SMILES string of the molecule is CCOC(=O)c1sc(C(C)NC(=NC)NCCc2c(C)noc2C)nc1C.I. The first-order chi connectivity index (χ1) is 12.9. The fraction of sp³-hybridized carbons (Fsp3) is 0.556. The van der Waals surface area contributed by atoms with E-state index in [0.717, 1.165) is 28.4 Å². The van der Waals surface area contributed by atoms with Gasteiger partial charge in [-0.2, -0.15) is 0 Å². The minimum absolute atomic E-state index is 0. The normalized spacial score (nSPS) is 12.3. The average Bonchev–Trinajstić information content (AvgIpc) is 3.17. The second-order valence-corrected chi connectivity index (χ2v) is 7.14. The summed E-state index contributed by atoms with van der Waals surface area (Å²) >= 11 is 1.34. The summed E-state index contributed by atoms with van der Waals surface area (Å²) in [7, 11) is 1.72. The van der Waals surface area contributed by atoms with Gasteiger partial charge in [-0.1, -0.05) is 5.16 Å². The first-order valence-electron chi connectivity index (χ1n) is 8.90. The van der Waals surface area contributed by atoms with Crippen molar-refractivity contribution in [3.05, 3.63) is 32.6 Å². The molecule has 0 amide bonds. The fourth-order valence-electron chi connectivity index (χ4n) is 2.61. The van der Waals surface area contributed by atoms with Gasteiger partial charge in [0.1, 0.15) is 15.6 Å². The number of aryl methyl sites for hydroxylation is 3. The summed E-state index contributed by atoms with van der Waals surface area (Å²) in [6, 6.07) is -0.0952. The van der Waals surface area contributed by atoms with Crippen LogP contribution in [-0.4, -0.2) is 42.3 Å². The van der Waals surface area contributed by atoms with Crippen LogP contribution in [-0.2, 0) is 11.2 Å². The number of hydrogen-bond acceptors (Lipinski definition) is 7. The molecule has 0 saturated carbocycles. The van der Waals surface area contributed by atoms with Crippen LogP contribution < -0.4 is 10.6 Å². The molecule has 2 aromatic rings. The molecule has 0 saturated heterocycles. The standard InChI is InChI=1S/C18H27N5O3S.HI/c1-7-25-17(24)15-11(3)21-16(27-15)12(4)22-18(19-6)20-9-8-14-10(2)23-26-13(14)5;/h12H,7-9H2,1-6H3,(H2,19,20,22);1H. The van der Waals surface area contributed by atoms with Gasteiger partial charge in [0, 0.05) is 19.2 Å². The van der Waals surface area contributed by atoms with Crippen LogP contribution in [0.4, 0.5) is 0 Å². The second-order valence-electron chi connectivity index (χ2n) is 6.10. The van der Waals surface area contributed by atoms with Crippen LogP contribution in [0.25, 0.3) is 0 Å². The fourth-order valence-corrected chi connectivity index (χ4v) is 3.58. The second kappa shape index (κ2) is 11.3. The van der Waals surface area contributed by atoms with Crippen molar-refractivity contribution in [3.63, 3.8) is 0 Å². The van der Waals surface area contributed by atoms with Crippen LogP contribution in [0.5, 0.6) is 0 Å². The maximum Gasteiger partial charge on any atom is 0.350 e. The summed E-state index contributed by atoms with van der Waals surface area (Å²) in [5.41, 5.74) is 2.71. The number of ether oxygens (including phenoxy) is 1. The molecule has 1 atom stereocenters. The molecule has 156 valence electrons. The maximum atomic E-state index is 12.0. The first kappa shape index (κ1) is 24.3. The lowest BCUT2D eigenvalue weighted by atomic mass is 10.1. The van der Waals surface area contributed by atoms with E-state index in [-0.39, 0.29) is 36.0 Å². The Labute approximate surface area is 186 Å². The number of nitrogens with zero attached hydrogens (tertiary/aromatic N) is 3. The number of rotatable bonds is 7. The molecule has 2 rings (SSSR count). The zero-order valence-corrected chi connectivity index (χ0v) is 20.2. The number of carbonyl (C=O) groups is 1. The van der Waals surface area contributed by atoms with Gasteiger partial charge in [0.25, 0.3) is 0 Å². The Morgan fingerprint density at radius 2 is 2.04 bits per heavy atom. The molecule has 2 heterocycles. The Morgan fingerprint density at radius 3 is 2.61 bits per heavy atom. The highest BCUT2D eigenvalue weighted by atomic mass is 127. The smallest absolute Gasteiger partial charge is 0.350 e. The van der Waals surface area contributed by atoms with Crippen molar-refractivity contribution in [2.24, 2.45) is 4.99 Å². The van der Waals surface area contributed by atoms with E-state index in [1.54, 1.807) is 14.0 Å². The Hall–Kier alpha value is -1.69. The summed E-state index contributed by atoms with van der Waals surface area (Å²) in [5, 5.41) is 11.4. The van der Waals surface area contributed by atoms with Crippen LogP contribution in [0.1, 0.15) is 57.3 Å². The Kier molecular flexibility index (Phi) is 9.87. The molecular formula is C18H28IN5O3S. The van der Waals surface area contributed by atoms with E-state index in [4.69, 9.17) is 9.26 Å². The number of nitrogens with one attached hydrogen (secondary N) is 2. The number of guanidine groups is 1. The van der Waals surface area contributed by atoms with Gasteiger partial charge in [-0.15, -0.1) is 35.3 Å². The molecule has 0 bridgehead atoms. The van der Waals surface area contributed by atoms with E-state index in [9.17, 15) is 4.79 Å². The van der Waals surface area contributed by atoms with Gasteiger partial charge in [0.2, 0.25) is 0 Å². The molecule has 8 nitrogen and oxygen atoms in total. The summed E-state index contributed by atoms with van der Waals surface area (Å²) in [5.74, 6) is 1.18. The van der Waals surface area contributed by atoms with E-state index in [1.807, 2.05) is 27.7 Å². The van der Waals surface area contributed by atoms with Crippen molar-refractivity contribution in [1.82, 2.24) is 20.8 Å². The first-order valence-corrected chi connectivity index (χ1v) is 9.72.